The maximum absolute atomic E-state index is 8.98. The summed E-state index contributed by atoms with van der Waals surface area (Å²) in [6, 6.07) is 0. The topological polar surface area (TPSA) is 37.3 Å². The molecule has 0 fully saturated rings. The third-order valence-electron chi connectivity index (χ3n) is 0.0430. The first-order chi connectivity index (χ1) is 1.91. The Labute approximate surface area is 49.4 Å². The van der Waals surface area contributed by atoms with E-state index in [9.17, 15) is 0 Å². The first-order valence-electron chi connectivity index (χ1n) is 0.654. The van der Waals surface area contributed by atoms with Crippen molar-refractivity contribution in [2.24, 2.45) is 0 Å². The van der Waals surface area contributed by atoms with Gasteiger partial charge in [-0.3, -0.25) is 0 Å². The number of rotatable bonds is 1. The van der Waals surface area contributed by atoms with E-state index in [1.54, 1.807) is 0 Å². The minimum atomic E-state index is -1.20. The molecule has 0 atom stereocenters. The molecule has 0 aromatic rings. The molecule has 0 aliphatic rings. The quantitative estimate of drug-likeness (QED) is 0.440. The predicted molar refractivity (Wildman–Crippen MR) is 8.97 cm³/mol. The molecule has 1 N–H and O–H groups in total. The Morgan fingerprint density at radius 3 is 2.00 bits per heavy atom. The van der Waals surface area contributed by atoms with Crippen LogP contribution in [0.3, 0.4) is 0 Å². The van der Waals surface area contributed by atoms with Crippen LogP contribution >= 0.6 is 0 Å². The van der Waals surface area contributed by atoms with Crippen LogP contribution in [0, 0.1) is 0 Å². The molecule has 5 heavy (non-hydrogen) atoms. The van der Waals surface area contributed by atoms with Crippen LogP contribution in [0.15, 0.2) is 0 Å². The molecule has 0 aromatic carbocycles. The second-order valence-corrected chi connectivity index (χ2v) is 1.19. The third-order valence-corrected chi connectivity index (χ3v) is 0.255. The molecule has 2 nitrogen and oxygen atoms in total. The van der Waals surface area contributed by atoms with E-state index in [1.807, 2.05) is 0 Å². The summed E-state index contributed by atoms with van der Waals surface area (Å²) in [5.41, 5.74) is 0. The van der Waals surface area contributed by atoms with E-state index in [1.165, 1.54) is 0 Å². The van der Waals surface area contributed by atoms with Gasteiger partial charge in [0, 0.05) is 17.1 Å². The third kappa shape index (κ3) is 11.5. The van der Waals surface area contributed by atoms with Crippen molar-refractivity contribution in [1.82, 2.24) is 0 Å². The summed E-state index contributed by atoms with van der Waals surface area (Å²) in [5, 5.41) is 0. The normalized spacial score (nSPS) is 5.00. The van der Waals surface area contributed by atoms with Crippen LogP contribution in [0.1, 0.15) is 0 Å². The molecule has 0 spiro atoms. The van der Waals surface area contributed by atoms with E-state index < -0.39 is 18.9 Å². The van der Waals surface area contributed by atoms with E-state index in [0.29, 0.717) is 4.68 Å². The molecule has 0 saturated carbocycles. The van der Waals surface area contributed by atoms with Crippen LogP contribution < -0.4 is 0 Å². The van der Waals surface area contributed by atoms with Gasteiger partial charge in [-0.2, -0.15) is 0 Å². The molecule has 0 unspecified atom stereocenters. The summed E-state index contributed by atoms with van der Waals surface area (Å²) in [5.74, 6) is 0. The average Bonchev–Trinajstić information content (AvgIpc) is 1.37. The molecule has 0 heterocycles. The number of hydrogen-bond donors (Lipinski definition) is 1. The van der Waals surface area contributed by atoms with Crippen molar-refractivity contribution in [3.63, 3.8) is 0 Å². The van der Waals surface area contributed by atoms with Crippen molar-refractivity contribution < 1.29 is 44.6 Å². The fraction of sp³-hybridized carbons (Fsp3) is 0. The summed E-state index contributed by atoms with van der Waals surface area (Å²) >= 11 is -1.20. The largest absolute Gasteiger partial charge is 0 e. The Hall–Kier alpha value is 0.838. The van der Waals surface area contributed by atoms with Crippen LogP contribution in [-0.4, -0.2) is 8.44 Å². The van der Waals surface area contributed by atoms with Crippen LogP contribution in [0.2, 0.25) is 0 Å². The SMILES string of the molecule is O=[CH][Mo][OH].[Fe]. The molecular weight excluding hydrogens is 196 g/mol. The first-order valence-corrected chi connectivity index (χ1v) is 2.71. The molecule has 0 aliphatic heterocycles. The van der Waals surface area contributed by atoms with Gasteiger partial charge in [0.25, 0.3) is 0 Å². The van der Waals surface area contributed by atoms with Crippen LogP contribution in [0.4, 0.5) is 0 Å². The van der Waals surface area contributed by atoms with E-state index in [2.05, 4.69) is 0 Å². The van der Waals surface area contributed by atoms with E-state index >= 15 is 0 Å². The van der Waals surface area contributed by atoms with Crippen molar-refractivity contribution in [3.05, 3.63) is 0 Å². The molecule has 32 valence electrons. The van der Waals surface area contributed by atoms with E-state index in [4.69, 9.17) is 8.55 Å². The minimum Gasteiger partial charge on any atom is 0 e. The monoisotopic (exact) mass is 200 g/mol. The van der Waals surface area contributed by atoms with Gasteiger partial charge in [0.2, 0.25) is 0 Å². The second-order valence-electron chi connectivity index (χ2n) is 0.202. The number of carbonyl (C=O) groups is 1. The van der Waals surface area contributed by atoms with Gasteiger partial charge in [-0.25, -0.2) is 0 Å². The van der Waals surface area contributed by atoms with Gasteiger partial charge in [-0.1, -0.05) is 0 Å². The molecule has 0 aromatic heterocycles. The summed E-state index contributed by atoms with van der Waals surface area (Å²) in [6.07, 6.45) is 0. The van der Waals surface area contributed by atoms with Gasteiger partial charge in [0.15, 0.2) is 0 Å². The van der Waals surface area contributed by atoms with Crippen LogP contribution in [0.25, 0.3) is 0 Å². The van der Waals surface area contributed by atoms with Crippen molar-refractivity contribution in [1.29, 1.82) is 0 Å². The molecule has 0 amide bonds. The van der Waals surface area contributed by atoms with Crippen molar-refractivity contribution >= 4 is 4.68 Å². The fourth-order valence-corrected chi connectivity index (χ4v) is 0. The second kappa shape index (κ2) is 8.85. The molecule has 0 aliphatic carbocycles. The number of carbonyl (C=O) groups excluding carboxylic acids is 1. The Balaban J connectivity index is 0. The summed E-state index contributed by atoms with van der Waals surface area (Å²) in [4.78, 5) is 8.98. The van der Waals surface area contributed by atoms with Gasteiger partial charge in [0.1, 0.15) is 0 Å². The molecule has 0 rings (SSSR count). The maximum atomic E-state index is 8.98. The molecule has 4 heteroatoms. The minimum absolute atomic E-state index is 0. The van der Waals surface area contributed by atoms with Crippen LogP contribution in [-0.2, 0) is 40.8 Å². The Morgan fingerprint density at radius 2 is 2.00 bits per heavy atom. The first kappa shape index (κ1) is 9.28. The van der Waals surface area contributed by atoms with E-state index in [0.717, 1.165) is 0 Å². The van der Waals surface area contributed by atoms with Gasteiger partial charge in [-0.15, -0.1) is 0 Å². The smallest absolute Gasteiger partial charge is 0 e. The average molecular weight is 198 g/mol. The molecule has 0 bridgehead atoms. The predicted octanol–water partition coefficient (Wildman–Crippen LogP) is -0.836. The molecule has 0 radical (unpaired) electrons. The zero-order valence-corrected chi connectivity index (χ0v) is 5.31. The molecular formula is CH2FeMoO2. The maximum Gasteiger partial charge on any atom is 0 e. The Bertz CT molecular complexity index is 23.6. The Kier molecular flexibility index (Phi) is 16.4. The summed E-state index contributed by atoms with van der Waals surface area (Å²) < 4.78 is 8.20. The van der Waals surface area contributed by atoms with Crippen molar-refractivity contribution in [2.45, 2.75) is 0 Å². The van der Waals surface area contributed by atoms with E-state index in [-0.39, 0.29) is 17.1 Å². The van der Waals surface area contributed by atoms with Crippen LogP contribution in [0.5, 0.6) is 0 Å². The molecule has 0 saturated heterocycles. The summed E-state index contributed by atoms with van der Waals surface area (Å²) in [6.45, 7) is 0. The van der Waals surface area contributed by atoms with Gasteiger partial charge >= 0.3 is 32.2 Å². The van der Waals surface area contributed by atoms with Gasteiger partial charge in [-0.05, 0) is 0 Å². The standard InChI is InChI=1S/CHO.Fe.Mo.H2O/c1-2;;;/h1H;;;1H2/q;;+1;/p-1. The van der Waals surface area contributed by atoms with Gasteiger partial charge in [0.05, 0.1) is 0 Å². The summed E-state index contributed by atoms with van der Waals surface area (Å²) in [7, 11) is 0. The fourth-order valence-electron chi connectivity index (χ4n) is 0. The van der Waals surface area contributed by atoms with Crippen molar-refractivity contribution in [3.8, 4) is 0 Å². The van der Waals surface area contributed by atoms with Crippen molar-refractivity contribution in [2.75, 3.05) is 0 Å². The number of hydrogen-bond acceptors (Lipinski definition) is 2. The Morgan fingerprint density at radius 1 is 1.80 bits per heavy atom. The zero-order valence-electron chi connectivity index (χ0n) is 2.19. The zero-order chi connectivity index (χ0) is 3.41. The van der Waals surface area contributed by atoms with Gasteiger partial charge < -0.3 is 0 Å².